The maximum atomic E-state index is 12.8. The molecule has 0 radical (unpaired) electrons. The number of nitrogens with zero attached hydrogens (tertiary/aromatic N) is 5. The Kier molecular flexibility index (Phi) is 5.20. The van der Waals surface area contributed by atoms with E-state index in [1.807, 2.05) is 4.90 Å². The van der Waals surface area contributed by atoms with Crippen LogP contribution in [0, 0.1) is 11.8 Å². The van der Waals surface area contributed by atoms with Crippen LogP contribution in [0.3, 0.4) is 0 Å². The molecule has 4 rings (SSSR count). The van der Waals surface area contributed by atoms with Crippen LogP contribution < -0.4 is 0 Å². The number of hydrogen-bond acceptors (Lipinski definition) is 6. The zero-order valence-electron chi connectivity index (χ0n) is 15.5. The van der Waals surface area contributed by atoms with Crippen molar-refractivity contribution >= 4 is 5.91 Å². The summed E-state index contributed by atoms with van der Waals surface area (Å²) in [5, 5.41) is 9.79. The first-order chi connectivity index (χ1) is 12.6. The Hall–Kier alpha value is -1.57. The highest BCUT2D eigenvalue weighted by Gasteiger charge is 2.36. The summed E-state index contributed by atoms with van der Waals surface area (Å²) in [6.45, 7) is 6.73. The molecule has 7 heteroatoms. The van der Waals surface area contributed by atoms with E-state index in [1.54, 1.807) is 12.4 Å². The van der Waals surface area contributed by atoms with Gasteiger partial charge >= 0.3 is 0 Å². The van der Waals surface area contributed by atoms with Gasteiger partial charge in [0.05, 0.1) is 5.56 Å². The van der Waals surface area contributed by atoms with E-state index in [2.05, 4.69) is 26.8 Å². The molecular formula is C19H29N5O2. The topological polar surface area (TPSA) is 72.8 Å². The van der Waals surface area contributed by atoms with Crippen LogP contribution in [-0.4, -0.2) is 95.1 Å². The number of amides is 1. The number of carbonyl (C=O) groups excluding carboxylic acids is 1. The molecule has 3 heterocycles. The molecule has 1 saturated carbocycles. The van der Waals surface area contributed by atoms with Crippen molar-refractivity contribution in [3.63, 3.8) is 0 Å². The first-order valence-corrected chi connectivity index (χ1v) is 9.77. The molecule has 1 amide bonds. The fourth-order valence-electron chi connectivity index (χ4n) is 4.06. The molecule has 1 aromatic heterocycles. The van der Waals surface area contributed by atoms with Gasteiger partial charge in [0.15, 0.2) is 0 Å². The van der Waals surface area contributed by atoms with Crippen LogP contribution in [0.15, 0.2) is 12.4 Å². The van der Waals surface area contributed by atoms with Gasteiger partial charge in [0.1, 0.15) is 5.82 Å². The van der Waals surface area contributed by atoms with E-state index >= 15 is 0 Å². The van der Waals surface area contributed by atoms with E-state index in [9.17, 15) is 9.90 Å². The zero-order chi connectivity index (χ0) is 18.1. The third kappa shape index (κ3) is 3.89. The molecule has 0 aromatic carbocycles. The van der Waals surface area contributed by atoms with Crippen molar-refractivity contribution in [2.24, 2.45) is 11.8 Å². The number of aromatic nitrogens is 2. The third-order valence-corrected chi connectivity index (χ3v) is 6.05. The van der Waals surface area contributed by atoms with Crippen molar-refractivity contribution in [3.8, 4) is 0 Å². The summed E-state index contributed by atoms with van der Waals surface area (Å²) in [5.41, 5.74) is 0.561. The number of likely N-dealkylation sites (tertiary alicyclic amines) is 1. The second-order valence-corrected chi connectivity index (χ2v) is 8.12. The van der Waals surface area contributed by atoms with Crippen LogP contribution in [0.2, 0.25) is 0 Å². The first kappa shape index (κ1) is 17.8. The van der Waals surface area contributed by atoms with E-state index in [0.29, 0.717) is 30.5 Å². The average molecular weight is 359 g/mol. The molecule has 2 atom stereocenters. The number of piperazine rings is 1. The van der Waals surface area contributed by atoms with E-state index in [0.717, 1.165) is 51.4 Å². The highest BCUT2D eigenvalue weighted by molar-refractivity contribution is 5.93. The van der Waals surface area contributed by atoms with Crippen LogP contribution in [0.5, 0.6) is 0 Å². The summed E-state index contributed by atoms with van der Waals surface area (Å²) in [7, 11) is 2.15. The number of carbonyl (C=O) groups is 1. The largest absolute Gasteiger partial charge is 0.396 e. The van der Waals surface area contributed by atoms with Gasteiger partial charge in [0, 0.05) is 76.6 Å². The summed E-state index contributed by atoms with van der Waals surface area (Å²) in [6.07, 6.45) is 5.66. The average Bonchev–Trinajstić information content (AvgIpc) is 3.44. The van der Waals surface area contributed by atoms with E-state index < -0.39 is 0 Å². The summed E-state index contributed by atoms with van der Waals surface area (Å²) >= 11 is 0. The molecule has 2 saturated heterocycles. The SMILES string of the molecule is CN1CCN(C[C@@H]2CN(C(=O)c3cnc(C4CC4)nc3)C[C@@H]2CO)CC1. The van der Waals surface area contributed by atoms with E-state index in [4.69, 9.17) is 0 Å². The number of aliphatic hydroxyl groups excluding tert-OH is 1. The Morgan fingerprint density at radius 1 is 1.12 bits per heavy atom. The van der Waals surface area contributed by atoms with Crippen molar-refractivity contribution < 1.29 is 9.90 Å². The molecule has 0 spiro atoms. The third-order valence-electron chi connectivity index (χ3n) is 6.05. The molecule has 1 aromatic rings. The number of likely N-dealkylation sites (N-methyl/N-ethyl adjacent to an activating group) is 1. The summed E-state index contributed by atoms with van der Waals surface area (Å²) in [4.78, 5) is 28.3. The molecular weight excluding hydrogens is 330 g/mol. The molecule has 142 valence electrons. The van der Waals surface area contributed by atoms with Gasteiger partial charge in [0.25, 0.3) is 5.91 Å². The molecule has 3 aliphatic rings. The Morgan fingerprint density at radius 3 is 2.38 bits per heavy atom. The second kappa shape index (κ2) is 7.58. The molecule has 2 aliphatic heterocycles. The highest BCUT2D eigenvalue weighted by Crippen LogP contribution is 2.37. The summed E-state index contributed by atoms with van der Waals surface area (Å²) < 4.78 is 0. The Bertz CT molecular complexity index is 625. The highest BCUT2D eigenvalue weighted by atomic mass is 16.3. The summed E-state index contributed by atoms with van der Waals surface area (Å²) in [6, 6.07) is 0. The lowest BCUT2D eigenvalue weighted by Crippen LogP contribution is -2.47. The van der Waals surface area contributed by atoms with Crippen LogP contribution in [0.4, 0.5) is 0 Å². The van der Waals surface area contributed by atoms with Gasteiger partial charge in [-0.2, -0.15) is 0 Å². The molecule has 0 bridgehead atoms. The lowest BCUT2D eigenvalue weighted by atomic mass is 9.96. The summed E-state index contributed by atoms with van der Waals surface area (Å²) in [5.74, 6) is 1.85. The number of rotatable bonds is 5. The molecule has 3 fully saturated rings. The zero-order valence-corrected chi connectivity index (χ0v) is 15.5. The predicted molar refractivity (Wildman–Crippen MR) is 97.9 cm³/mol. The van der Waals surface area contributed by atoms with Crippen LogP contribution >= 0.6 is 0 Å². The van der Waals surface area contributed by atoms with Crippen molar-refractivity contribution in [2.45, 2.75) is 18.8 Å². The van der Waals surface area contributed by atoms with Gasteiger partial charge in [-0.1, -0.05) is 0 Å². The first-order valence-electron chi connectivity index (χ1n) is 9.77. The van der Waals surface area contributed by atoms with Gasteiger partial charge in [-0.3, -0.25) is 4.79 Å². The van der Waals surface area contributed by atoms with Crippen molar-refractivity contribution in [1.82, 2.24) is 24.7 Å². The Morgan fingerprint density at radius 2 is 1.77 bits per heavy atom. The van der Waals surface area contributed by atoms with Crippen molar-refractivity contribution in [1.29, 1.82) is 0 Å². The maximum absolute atomic E-state index is 12.8. The van der Waals surface area contributed by atoms with Crippen molar-refractivity contribution in [3.05, 3.63) is 23.8 Å². The molecule has 26 heavy (non-hydrogen) atoms. The maximum Gasteiger partial charge on any atom is 0.257 e. The Balaban J connectivity index is 1.37. The molecule has 7 nitrogen and oxygen atoms in total. The number of aliphatic hydroxyl groups is 1. The van der Waals surface area contributed by atoms with E-state index in [-0.39, 0.29) is 18.4 Å². The molecule has 1 aliphatic carbocycles. The quantitative estimate of drug-likeness (QED) is 0.814. The predicted octanol–water partition coefficient (Wildman–Crippen LogP) is 0.282. The Labute approximate surface area is 155 Å². The molecule has 0 unspecified atom stereocenters. The standard InChI is InChI=1S/C19H29N5O2/c1-22-4-6-23(7-5-22)10-16-11-24(12-17(16)13-25)19(26)15-8-20-18(21-9-15)14-2-3-14/h8-9,14,16-17,25H,2-7,10-13H2,1H3/t16-,17-/m1/s1. The minimum atomic E-state index is -0.00771. The van der Waals surface area contributed by atoms with Crippen LogP contribution in [-0.2, 0) is 0 Å². The van der Waals surface area contributed by atoms with E-state index in [1.165, 1.54) is 0 Å². The minimum absolute atomic E-state index is 0.00771. The number of hydrogen-bond donors (Lipinski definition) is 1. The van der Waals surface area contributed by atoms with Gasteiger partial charge in [-0.05, 0) is 25.8 Å². The molecule has 1 N–H and O–H groups in total. The second-order valence-electron chi connectivity index (χ2n) is 8.12. The fourth-order valence-corrected chi connectivity index (χ4v) is 4.06. The van der Waals surface area contributed by atoms with Crippen LogP contribution in [0.25, 0.3) is 0 Å². The van der Waals surface area contributed by atoms with Gasteiger partial charge in [-0.15, -0.1) is 0 Å². The smallest absolute Gasteiger partial charge is 0.257 e. The van der Waals surface area contributed by atoms with Crippen LogP contribution in [0.1, 0.15) is 34.9 Å². The lowest BCUT2D eigenvalue weighted by molar-refractivity contribution is 0.0776. The fraction of sp³-hybridized carbons (Fsp3) is 0.737. The van der Waals surface area contributed by atoms with Gasteiger partial charge in [0.2, 0.25) is 0 Å². The van der Waals surface area contributed by atoms with Crippen molar-refractivity contribution in [2.75, 3.05) is 59.5 Å². The lowest BCUT2D eigenvalue weighted by Gasteiger charge is -2.34. The van der Waals surface area contributed by atoms with Gasteiger partial charge in [-0.25, -0.2) is 9.97 Å². The van der Waals surface area contributed by atoms with Gasteiger partial charge < -0.3 is 19.8 Å². The normalized spacial score (nSPS) is 27.8. The monoisotopic (exact) mass is 359 g/mol. The minimum Gasteiger partial charge on any atom is -0.396 e.